The van der Waals surface area contributed by atoms with Crippen molar-refractivity contribution < 1.29 is 19.0 Å². The molecule has 0 saturated carbocycles. The number of benzene rings is 2. The number of esters is 1. The van der Waals surface area contributed by atoms with Gasteiger partial charge in [0.25, 0.3) is 0 Å². The summed E-state index contributed by atoms with van der Waals surface area (Å²) in [6.45, 7) is 2.13. The van der Waals surface area contributed by atoms with Gasteiger partial charge >= 0.3 is 5.97 Å². The monoisotopic (exact) mass is 310 g/mol. The molecule has 0 bridgehead atoms. The second kappa shape index (κ2) is 7.01. The Morgan fingerprint density at radius 3 is 2.78 bits per heavy atom. The number of ether oxygens (including phenoxy) is 3. The van der Waals surface area contributed by atoms with E-state index in [1.807, 2.05) is 55.5 Å². The molecule has 0 N–H and O–H groups in total. The SMILES string of the molecule is CC(Cc1ccccc1)OC(=O)/C=C/c1ccc2c(c1)OCO2. The highest BCUT2D eigenvalue weighted by molar-refractivity contribution is 5.87. The summed E-state index contributed by atoms with van der Waals surface area (Å²) >= 11 is 0. The van der Waals surface area contributed by atoms with Crippen LogP contribution in [0, 0.1) is 0 Å². The van der Waals surface area contributed by atoms with Crippen molar-refractivity contribution in [3.63, 3.8) is 0 Å². The summed E-state index contributed by atoms with van der Waals surface area (Å²) in [5.74, 6) is 1.06. The molecular formula is C19H18O4. The average molecular weight is 310 g/mol. The first kappa shape index (κ1) is 15.2. The predicted molar refractivity (Wildman–Crippen MR) is 87.3 cm³/mol. The Kier molecular flexibility index (Phi) is 4.62. The third-order valence-electron chi connectivity index (χ3n) is 3.49. The molecule has 0 fully saturated rings. The smallest absolute Gasteiger partial charge is 0.331 e. The lowest BCUT2D eigenvalue weighted by atomic mass is 10.1. The average Bonchev–Trinajstić information content (AvgIpc) is 3.01. The van der Waals surface area contributed by atoms with Crippen LogP contribution in [-0.2, 0) is 16.0 Å². The van der Waals surface area contributed by atoms with Gasteiger partial charge in [0.2, 0.25) is 6.79 Å². The third kappa shape index (κ3) is 4.13. The Morgan fingerprint density at radius 2 is 1.96 bits per heavy atom. The highest BCUT2D eigenvalue weighted by Crippen LogP contribution is 2.32. The number of fused-ring (bicyclic) bond motifs is 1. The number of hydrogen-bond acceptors (Lipinski definition) is 4. The van der Waals surface area contributed by atoms with Crippen LogP contribution >= 0.6 is 0 Å². The van der Waals surface area contributed by atoms with Gasteiger partial charge in [0.05, 0.1) is 0 Å². The van der Waals surface area contributed by atoms with Gasteiger partial charge in [-0.1, -0.05) is 36.4 Å². The van der Waals surface area contributed by atoms with E-state index < -0.39 is 0 Å². The Bertz CT molecular complexity index is 707. The predicted octanol–water partition coefficient (Wildman–Crippen LogP) is 3.60. The van der Waals surface area contributed by atoms with Crippen molar-refractivity contribution in [1.82, 2.24) is 0 Å². The maximum absolute atomic E-state index is 11.9. The maximum atomic E-state index is 11.9. The van der Waals surface area contributed by atoms with Gasteiger partial charge in [-0.05, 0) is 36.3 Å². The van der Waals surface area contributed by atoms with E-state index >= 15 is 0 Å². The van der Waals surface area contributed by atoms with Gasteiger partial charge in [0, 0.05) is 12.5 Å². The van der Waals surface area contributed by atoms with Crippen molar-refractivity contribution in [2.24, 2.45) is 0 Å². The molecule has 4 heteroatoms. The molecule has 0 spiro atoms. The van der Waals surface area contributed by atoms with Crippen molar-refractivity contribution in [2.75, 3.05) is 6.79 Å². The van der Waals surface area contributed by atoms with Crippen LogP contribution < -0.4 is 9.47 Å². The molecule has 1 aliphatic rings. The Labute approximate surface area is 135 Å². The molecule has 118 valence electrons. The Hall–Kier alpha value is -2.75. The van der Waals surface area contributed by atoms with E-state index in [1.54, 1.807) is 6.08 Å². The summed E-state index contributed by atoms with van der Waals surface area (Å²) in [6, 6.07) is 15.5. The fourth-order valence-electron chi connectivity index (χ4n) is 2.41. The summed E-state index contributed by atoms with van der Waals surface area (Å²) in [6.07, 6.45) is 3.66. The molecule has 0 saturated heterocycles. The van der Waals surface area contributed by atoms with Gasteiger partial charge in [-0.15, -0.1) is 0 Å². The van der Waals surface area contributed by atoms with Gasteiger partial charge in [-0.3, -0.25) is 0 Å². The van der Waals surface area contributed by atoms with Crippen molar-refractivity contribution in [2.45, 2.75) is 19.4 Å². The van der Waals surface area contributed by atoms with Crippen molar-refractivity contribution >= 4 is 12.0 Å². The van der Waals surface area contributed by atoms with Crippen LogP contribution in [0.5, 0.6) is 11.5 Å². The largest absolute Gasteiger partial charge is 0.459 e. The topological polar surface area (TPSA) is 44.8 Å². The van der Waals surface area contributed by atoms with Gasteiger partial charge in [0.15, 0.2) is 11.5 Å². The normalized spacial score (nSPS) is 14.0. The molecule has 0 aliphatic carbocycles. The van der Waals surface area contributed by atoms with E-state index in [0.29, 0.717) is 12.2 Å². The standard InChI is InChI=1S/C19H18O4/c1-14(11-15-5-3-2-4-6-15)23-19(20)10-8-16-7-9-17-18(12-16)22-13-21-17/h2-10,12,14H,11,13H2,1H3/b10-8+. The lowest BCUT2D eigenvalue weighted by Gasteiger charge is -2.11. The molecule has 0 radical (unpaired) electrons. The molecule has 1 atom stereocenters. The minimum Gasteiger partial charge on any atom is -0.459 e. The van der Waals surface area contributed by atoms with Gasteiger partial charge in [-0.25, -0.2) is 4.79 Å². The number of carbonyl (C=O) groups is 1. The minimum atomic E-state index is -0.355. The second-order valence-electron chi connectivity index (χ2n) is 5.38. The van der Waals surface area contributed by atoms with E-state index in [-0.39, 0.29) is 18.9 Å². The number of rotatable bonds is 5. The van der Waals surface area contributed by atoms with Gasteiger partial charge in [0.1, 0.15) is 6.10 Å². The van der Waals surface area contributed by atoms with E-state index in [4.69, 9.17) is 14.2 Å². The minimum absolute atomic E-state index is 0.175. The van der Waals surface area contributed by atoms with Crippen molar-refractivity contribution in [3.05, 3.63) is 65.7 Å². The van der Waals surface area contributed by atoms with Crippen LogP contribution in [0.4, 0.5) is 0 Å². The molecule has 2 aromatic rings. The van der Waals surface area contributed by atoms with E-state index in [2.05, 4.69) is 0 Å². The fraction of sp³-hybridized carbons (Fsp3) is 0.211. The van der Waals surface area contributed by atoms with Crippen LogP contribution in [0.1, 0.15) is 18.1 Å². The lowest BCUT2D eigenvalue weighted by molar-refractivity contribution is -0.141. The van der Waals surface area contributed by atoms with Gasteiger partial charge in [-0.2, -0.15) is 0 Å². The molecule has 0 aromatic heterocycles. The Balaban J connectivity index is 1.54. The summed E-state index contributed by atoms with van der Waals surface area (Å²) in [5.41, 5.74) is 2.01. The molecule has 1 heterocycles. The van der Waals surface area contributed by atoms with E-state index in [1.165, 1.54) is 6.08 Å². The molecule has 2 aromatic carbocycles. The van der Waals surface area contributed by atoms with Crippen LogP contribution in [0.15, 0.2) is 54.6 Å². The summed E-state index contributed by atoms with van der Waals surface area (Å²) in [7, 11) is 0. The molecule has 3 rings (SSSR count). The highest BCUT2D eigenvalue weighted by atomic mass is 16.7. The first-order chi connectivity index (χ1) is 11.2. The van der Waals surface area contributed by atoms with Crippen LogP contribution in [0.3, 0.4) is 0 Å². The van der Waals surface area contributed by atoms with Crippen LogP contribution in [-0.4, -0.2) is 18.9 Å². The summed E-state index contributed by atoms with van der Waals surface area (Å²) in [5, 5.41) is 0. The molecule has 1 unspecified atom stereocenters. The highest BCUT2D eigenvalue weighted by Gasteiger charge is 2.12. The maximum Gasteiger partial charge on any atom is 0.331 e. The van der Waals surface area contributed by atoms with Crippen LogP contribution in [0.2, 0.25) is 0 Å². The molecule has 0 amide bonds. The quantitative estimate of drug-likeness (QED) is 0.625. The summed E-state index contributed by atoms with van der Waals surface area (Å²) in [4.78, 5) is 11.9. The zero-order valence-electron chi connectivity index (χ0n) is 12.9. The lowest BCUT2D eigenvalue weighted by Crippen LogP contribution is -2.15. The zero-order chi connectivity index (χ0) is 16.1. The number of carbonyl (C=O) groups excluding carboxylic acids is 1. The number of hydrogen-bond donors (Lipinski definition) is 0. The molecule has 1 aliphatic heterocycles. The molecule has 4 nitrogen and oxygen atoms in total. The van der Waals surface area contributed by atoms with E-state index in [9.17, 15) is 4.79 Å². The molecular weight excluding hydrogens is 292 g/mol. The Morgan fingerprint density at radius 1 is 1.17 bits per heavy atom. The van der Waals surface area contributed by atoms with Crippen LogP contribution in [0.25, 0.3) is 6.08 Å². The fourth-order valence-corrected chi connectivity index (χ4v) is 2.41. The third-order valence-corrected chi connectivity index (χ3v) is 3.49. The first-order valence-corrected chi connectivity index (χ1v) is 7.53. The van der Waals surface area contributed by atoms with Crippen molar-refractivity contribution in [3.8, 4) is 11.5 Å². The van der Waals surface area contributed by atoms with E-state index in [0.717, 1.165) is 16.9 Å². The van der Waals surface area contributed by atoms with Crippen molar-refractivity contribution in [1.29, 1.82) is 0 Å². The molecule has 23 heavy (non-hydrogen) atoms. The summed E-state index contributed by atoms with van der Waals surface area (Å²) < 4.78 is 15.9. The van der Waals surface area contributed by atoms with Gasteiger partial charge < -0.3 is 14.2 Å². The zero-order valence-corrected chi connectivity index (χ0v) is 12.9. The first-order valence-electron chi connectivity index (χ1n) is 7.53. The second-order valence-corrected chi connectivity index (χ2v) is 5.38.